The Balaban J connectivity index is 1.79. The number of benzene rings is 1. The predicted molar refractivity (Wildman–Crippen MR) is 72.9 cm³/mol. The summed E-state index contributed by atoms with van der Waals surface area (Å²) in [7, 11) is 0. The van der Waals surface area contributed by atoms with Crippen molar-refractivity contribution in [1.82, 2.24) is 5.32 Å². The zero-order valence-electron chi connectivity index (χ0n) is 10.3. The van der Waals surface area contributed by atoms with Gasteiger partial charge in [0.1, 0.15) is 5.82 Å². The minimum Gasteiger partial charge on any atom is -0.312 e. The Morgan fingerprint density at radius 3 is 2.88 bits per heavy atom. The van der Waals surface area contributed by atoms with Crippen LogP contribution in [-0.2, 0) is 6.54 Å². The van der Waals surface area contributed by atoms with Crippen molar-refractivity contribution in [1.29, 1.82) is 0 Å². The second kappa shape index (κ2) is 6.41. The van der Waals surface area contributed by atoms with E-state index < -0.39 is 0 Å². The van der Waals surface area contributed by atoms with Gasteiger partial charge in [-0.15, -0.1) is 0 Å². The molecule has 1 fully saturated rings. The molecule has 1 saturated heterocycles. The fourth-order valence-electron chi connectivity index (χ4n) is 2.19. The largest absolute Gasteiger partial charge is 0.312 e. The Morgan fingerprint density at radius 2 is 2.12 bits per heavy atom. The number of aryl methyl sites for hydroxylation is 1. The Labute approximate surface area is 107 Å². The van der Waals surface area contributed by atoms with Crippen LogP contribution in [0.5, 0.6) is 0 Å². The van der Waals surface area contributed by atoms with Crippen molar-refractivity contribution < 1.29 is 4.39 Å². The Morgan fingerprint density at radius 1 is 1.35 bits per heavy atom. The highest BCUT2D eigenvalue weighted by Crippen LogP contribution is 2.22. The van der Waals surface area contributed by atoms with Crippen molar-refractivity contribution in [3.05, 3.63) is 35.1 Å². The normalized spacial score (nSPS) is 17.3. The lowest BCUT2D eigenvalue weighted by Gasteiger charge is -2.21. The summed E-state index contributed by atoms with van der Waals surface area (Å²) >= 11 is 2.06. The minimum absolute atomic E-state index is 0.138. The van der Waals surface area contributed by atoms with Crippen molar-refractivity contribution in [2.75, 3.05) is 18.1 Å². The van der Waals surface area contributed by atoms with Crippen LogP contribution in [0.4, 0.5) is 4.39 Å². The molecule has 0 unspecified atom stereocenters. The third-order valence-corrected chi connectivity index (χ3v) is 4.45. The number of hydrogen-bond donors (Lipinski definition) is 1. The first-order valence-corrected chi connectivity index (χ1v) is 7.44. The molecule has 0 spiro atoms. The first-order valence-electron chi connectivity index (χ1n) is 6.29. The van der Waals surface area contributed by atoms with Crippen LogP contribution in [0, 0.1) is 18.7 Å². The van der Waals surface area contributed by atoms with Crippen LogP contribution in [0.3, 0.4) is 0 Å². The number of hydrogen-bond acceptors (Lipinski definition) is 2. The molecule has 1 aliphatic rings. The van der Waals surface area contributed by atoms with Gasteiger partial charge in [0.2, 0.25) is 0 Å². The van der Waals surface area contributed by atoms with E-state index in [0.717, 1.165) is 30.1 Å². The number of nitrogens with one attached hydrogen (secondary N) is 1. The van der Waals surface area contributed by atoms with Crippen molar-refractivity contribution in [3.63, 3.8) is 0 Å². The molecule has 2 rings (SSSR count). The first-order chi connectivity index (χ1) is 8.25. The van der Waals surface area contributed by atoms with E-state index in [-0.39, 0.29) is 5.82 Å². The highest BCUT2D eigenvalue weighted by molar-refractivity contribution is 7.99. The van der Waals surface area contributed by atoms with Gasteiger partial charge in [0.25, 0.3) is 0 Å². The molecule has 1 aromatic carbocycles. The molecule has 3 heteroatoms. The van der Waals surface area contributed by atoms with Gasteiger partial charge in [0.05, 0.1) is 0 Å². The van der Waals surface area contributed by atoms with Crippen LogP contribution >= 0.6 is 11.8 Å². The van der Waals surface area contributed by atoms with E-state index in [0.29, 0.717) is 0 Å². The predicted octanol–water partition coefficient (Wildman–Crippen LogP) is 3.37. The maximum Gasteiger partial charge on any atom is 0.123 e. The third kappa shape index (κ3) is 4.00. The smallest absolute Gasteiger partial charge is 0.123 e. The maximum atomic E-state index is 13.1. The van der Waals surface area contributed by atoms with Crippen LogP contribution < -0.4 is 5.32 Å². The van der Waals surface area contributed by atoms with Crippen molar-refractivity contribution in [3.8, 4) is 0 Å². The summed E-state index contributed by atoms with van der Waals surface area (Å²) in [5.74, 6) is 3.27. The zero-order valence-corrected chi connectivity index (χ0v) is 11.2. The van der Waals surface area contributed by atoms with E-state index in [1.54, 1.807) is 6.07 Å². The standard InChI is InChI=1S/C14H20FNS/c1-11-2-3-14(15)8-13(11)10-16-9-12-4-6-17-7-5-12/h2-3,8,12,16H,4-7,9-10H2,1H3. The van der Waals surface area contributed by atoms with E-state index in [9.17, 15) is 4.39 Å². The Hall–Kier alpha value is -0.540. The van der Waals surface area contributed by atoms with Gasteiger partial charge in [-0.3, -0.25) is 0 Å². The summed E-state index contributed by atoms with van der Waals surface area (Å²) in [5, 5.41) is 3.46. The van der Waals surface area contributed by atoms with Crippen LogP contribution in [0.2, 0.25) is 0 Å². The fourth-order valence-corrected chi connectivity index (χ4v) is 3.40. The van der Waals surface area contributed by atoms with Gasteiger partial charge in [-0.2, -0.15) is 11.8 Å². The molecule has 1 aromatic rings. The van der Waals surface area contributed by atoms with Gasteiger partial charge in [-0.25, -0.2) is 4.39 Å². The molecule has 0 aliphatic carbocycles. The third-order valence-electron chi connectivity index (χ3n) is 3.40. The second-order valence-corrected chi connectivity index (χ2v) is 5.98. The SMILES string of the molecule is Cc1ccc(F)cc1CNCC1CCSCC1. The highest BCUT2D eigenvalue weighted by atomic mass is 32.2. The topological polar surface area (TPSA) is 12.0 Å². The summed E-state index contributed by atoms with van der Waals surface area (Å²) < 4.78 is 13.1. The lowest BCUT2D eigenvalue weighted by Crippen LogP contribution is -2.25. The second-order valence-electron chi connectivity index (χ2n) is 4.76. The molecule has 0 aromatic heterocycles. The van der Waals surface area contributed by atoms with E-state index >= 15 is 0 Å². The first kappa shape index (κ1) is 12.9. The van der Waals surface area contributed by atoms with Gasteiger partial charge < -0.3 is 5.32 Å². The molecule has 1 aliphatic heterocycles. The Bertz CT molecular complexity index is 361. The van der Waals surface area contributed by atoms with Gasteiger partial charge >= 0.3 is 0 Å². The zero-order chi connectivity index (χ0) is 12.1. The molecule has 0 bridgehead atoms. The van der Waals surface area contributed by atoms with Crippen LogP contribution in [0.15, 0.2) is 18.2 Å². The number of halogens is 1. The molecule has 0 atom stereocenters. The average Bonchev–Trinajstić information content (AvgIpc) is 2.35. The fraction of sp³-hybridized carbons (Fsp3) is 0.571. The number of rotatable bonds is 4. The quantitative estimate of drug-likeness (QED) is 0.883. The monoisotopic (exact) mass is 253 g/mol. The van der Waals surface area contributed by atoms with Crippen molar-refractivity contribution in [2.45, 2.75) is 26.3 Å². The van der Waals surface area contributed by atoms with Crippen molar-refractivity contribution in [2.24, 2.45) is 5.92 Å². The van der Waals surface area contributed by atoms with E-state index in [4.69, 9.17) is 0 Å². The molecule has 94 valence electrons. The van der Waals surface area contributed by atoms with Crippen LogP contribution in [-0.4, -0.2) is 18.1 Å². The molecule has 1 nitrogen and oxygen atoms in total. The van der Waals surface area contributed by atoms with Gasteiger partial charge in [-0.1, -0.05) is 6.07 Å². The molecule has 1 N–H and O–H groups in total. The maximum absolute atomic E-state index is 13.1. The molecular weight excluding hydrogens is 233 g/mol. The molecule has 17 heavy (non-hydrogen) atoms. The van der Waals surface area contributed by atoms with Gasteiger partial charge in [-0.05, 0) is 67.0 Å². The summed E-state index contributed by atoms with van der Waals surface area (Å²) in [4.78, 5) is 0. The molecule has 0 radical (unpaired) electrons. The van der Waals surface area contributed by atoms with E-state index in [1.165, 1.54) is 30.4 Å². The molecule has 0 amide bonds. The van der Waals surface area contributed by atoms with Gasteiger partial charge in [0, 0.05) is 6.54 Å². The molecule has 0 saturated carbocycles. The van der Waals surface area contributed by atoms with E-state index in [1.807, 2.05) is 13.0 Å². The van der Waals surface area contributed by atoms with Crippen molar-refractivity contribution >= 4 is 11.8 Å². The average molecular weight is 253 g/mol. The lowest BCUT2D eigenvalue weighted by atomic mass is 10.0. The Kier molecular flexibility index (Phi) is 4.86. The summed E-state index contributed by atoms with van der Waals surface area (Å²) in [6.07, 6.45) is 2.64. The lowest BCUT2D eigenvalue weighted by molar-refractivity contribution is 0.447. The molecular formula is C14H20FNS. The summed E-state index contributed by atoms with van der Waals surface area (Å²) in [6, 6.07) is 5.01. The highest BCUT2D eigenvalue weighted by Gasteiger charge is 2.13. The van der Waals surface area contributed by atoms with Crippen LogP contribution in [0.25, 0.3) is 0 Å². The molecule has 1 heterocycles. The van der Waals surface area contributed by atoms with Gasteiger partial charge in [0.15, 0.2) is 0 Å². The van der Waals surface area contributed by atoms with Crippen LogP contribution in [0.1, 0.15) is 24.0 Å². The number of thioether (sulfide) groups is 1. The summed E-state index contributed by atoms with van der Waals surface area (Å²) in [6.45, 7) is 3.89. The van der Waals surface area contributed by atoms with E-state index in [2.05, 4.69) is 17.1 Å². The summed E-state index contributed by atoms with van der Waals surface area (Å²) in [5.41, 5.74) is 2.24. The minimum atomic E-state index is -0.138.